The van der Waals surface area contributed by atoms with Crippen molar-refractivity contribution in [2.75, 3.05) is 0 Å². The molecule has 3 atom stereocenters. The van der Waals surface area contributed by atoms with Gasteiger partial charge in [0.15, 0.2) is 0 Å². The summed E-state index contributed by atoms with van der Waals surface area (Å²) in [5, 5.41) is 3.48. The lowest BCUT2D eigenvalue weighted by molar-refractivity contribution is -0.275. The fraction of sp³-hybridized carbons (Fsp3) is 0.455. The van der Waals surface area contributed by atoms with Crippen LogP contribution < -0.4 is 10.9 Å². The van der Waals surface area contributed by atoms with Gasteiger partial charge in [0.25, 0.3) is 5.60 Å². The zero-order chi connectivity index (χ0) is 24.6. The van der Waals surface area contributed by atoms with Crippen LogP contribution in [0.5, 0.6) is 0 Å². The predicted molar refractivity (Wildman–Crippen MR) is 131 cm³/mol. The Hall–Kier alpha value is -1.30. The Labute approximate surface area is 213 Å². The average molecular weight is 616 g/mol. The number of amides is 1. The Morgan fingerprint density at radius 3 is 2.61 bits per heavy atom. The topological polar surface area (TPSA) is 62.7 Å². The number of alkyl halides is 5. The van der Waals surface area contributed by atoms with Crippen molar-refractivity contribution in [1.82, 2.24) is 10.9 Å². The first-order valence-corrected chi connectivity index (χ1v) is 12.4. The van der Waals surface area contributed by atoms with Crippen LogP contribution in [-0.4, -0.2) is 29.2 Å². The first-order valence-electron chi connectivity index (χ1n) is 10.0. The van der Waals surface area contributed by atoms with Crippen LogP contribution in [0.3, 0.4) is 0 Å². The first-order chi connectivity index (χ1) is 15.3. The lowest BCUT2D eigenvalue weighted by atomic mass is 9.85. The van der Waals surface area contributed by atoms with Crippen LogP contribution in [0.15, 0.2) is 47.2 Å². The van der Waals surface area contributed by atoms with Crippen LogP contribution in [0.4, 0.5) is 13.2 Å². The fourth-order valence-electron chi connectivity index (χ4n) is 3.33. The minimum atomic E-state index is -4.74. The third-order valence-corrected chi connectivity index (χ3v) is 6.81. The highest BCUT2D eigenvalue weighted by molar-refractivity contribution is 14.1. The first kappa shape index (κ1) is 26.3. The smallest absolute Gasteiger partial charge is 0.374 e. The molecule has 11 heteroatoms. The van der Waals surface area contributed by atoms with Gasteiger partial charge in [-0.25, -0.2) is 5.43 Å². The summed E-state index contributed by atoms with van der Waals surface area (Å²) < 4.78 is 43.4. The molecule has 0 saturated heterocycles. The molecule has 1 aliphatic carbocycles. The number of rotatable bonds is 5. The summed E-state index contributed by atoms with van der Waals surface area (Å²) in [4.78, 5) is 17.3. The van der Waals surface area contributed by atoms with Crippen LogP contribution >= 0.6 is 45.8 Å². The minimum Gasteiger partial charge on any atom is -0.374 e. The molecule has 2 aliphatic rings. The Kier molecular flexibility index (Phi) is 7.77. The molecule has 0 bridgehead atoms. The molecule has 2 N–H and O–H groups in total. The molecule has 180 valence electrons. The van der Waals surface area contributed by atoms with E-state index in [9.17, 15) is 18.0 Å². The van der Waals surface area contributed by atoms with Gasteiger partial charge in [-0.1, -0.05) is 84.4 Å². The van der Waals surface area contributed by atoms with E-state index >= 15 is 0 Å². The van der Waals surface area contributed by atoms with E-state index in [1.165, 1.54) is 12.1 Å². The molecular formula is C22H23Cl2F3IN3O2. The fourth-order valence-corrected chi connectivity index (χ4v) is 4.23. The van der Waals surface area contributed by atoms with E-state index in [0.717, 1.165) is 0 Å². The molecule has 1 aromatic carbocycles. The maximum Gasteiger partial charge on any atom is 0.435 e. The molecule has 3 unspecified atom stereocenters. The molecule has 0 spiro atoms. The molecule has 33 heavy (non-hydrogen) atoms. The van der Waals surface area contributed by atoms with Gasteiger partial charge in [-0.3, -0.25) is 10.2 Å². The molecule has 3 rings (SSSR count). The molecule has 1 heterocycles. The van der Waals surface area contributed by atoms with Crippen molar-refractivity contribution in [1.29, 1.82) is 0 Å². The van der Waals surface area contributed by atoms with Gasteiger partial charge in [-0.2, -0.15) is 13.2 Å². The summed E-state index contributed by atoms with van der Waals surface area (Å²) in [6.45, 7) is 5.26. The quantitative estimate of drug-likeness (QED) is 0.245. The van der Waals surface area contributed by atoms with Crippen molar-refractivity contribution in [3.8, 4) is 0 Å². The van der Waals surface area contributed by atoms with Crippen molar-refractivity contribution in [2.45, 2.75) is 54.8 Å². The SMILES string of the molecule is CC(C)(C)C(=O)NNC1C=C(C2=NOC(c3cc(Cl)cc(CI)c3)(C(F)(F)F)C2)C=CC1Cl. The summed E-state index contributed by atoms with van der Waals surface area (Å²) in [7, 11) is 0. The third-order valence-electron chi connectivity index (χ3n) is 5.29. The zero-order valence-corrected chi connectivity index (χ0v) is 21.7. The molecule has 5 nitrogen and oxygen atoms in total. The Morgan fingerprint density at radius 2 is 2.00 bits per heavy atom. The normalized spacial score (nSPS) is 25.4. The highest BCUT2D eigenvalue weighted by atomic mass is 127. The molecule has 0 saturated carbocycles. The van der Waals surface area contributed by atoms with Gasteiger partial charge >= 0.3 is 6.18 Å². The number of halogens is 6. The Balaban J connectivity index is 1.87. The number of hydrazine groups is 1. The number of carbonyl (C=O) groups excluding carboxylic acids is 1. The van der Waals surface area contributed by atoms with E-state index in [2.05, 4.69) is 38.6 Å². The highest BCUT2D eigenvalue weighted by Crippen LogP contribution is 2.49. The number of oxime groups is 1. The largest absolute Gasteiger partial charge is 0.435 e. The minimum absolute atomic E-state index is 0.101. The maximum atomic E-state index is 14.3. The summed E-state index contributed by atoms with van der Waals surface area (Å²) >= 11 is 14.5. The molecule has 0 radical (unpaired) electrons. The van der Waals surface area contributed by atoms with Crippen molar-refractivity contribution in [3.05, 3.63) is 58.1 Å². The number of allylic oxidation sites excluding steroid dienone is 2. The van der Waals surface area contributed by atoms with Gasteiger partial charge in [-0.15, -0.1) is 11.6 Å². The average Bonchev–Trinajstić information content (AvgIpc) is 3.18. The molecular weight excluding hydrogens is 593 g/mol. The van der Waals surface area contributed by atoms with Crippen molar-refractivity contribution in [2.24, 2.45) is 10.6 Å². The molecule has 0 fully saturated rings. The second kappa shape index (κ2) is 9.75. The van der Waals surface area contributed by atoms with Gasteiger partial charge in [0.2, 0.25) is 5.91 Å². The van der Waals surface area contributed by atoms with E-state index < -0.39 is 35.0 Å². The predicted octanol–water partition coefficient (Wildman–Crippen LogP) is 5.95. The second-order valence-corrected chi connectivity index (χ2v) is 10.6. The molecule has 0 aromatic heterocycles. The van der Waals surface area contributed by atoms with Gasteiger partial charge in [-0.05, 0) is 23.3 Å². The Bertz CT molecular complexity index is 1020. The second-order valence-electron chi connectivity index (χ2n) is 8.91. The van der Waals surface area contributed by atoms with E-state index in [0.29, 0.717) is 15.6 Å². The third kappa shape index (κ3) is 5.68. The Morgan fingerprint density at radius 1 is 1.30 bits per heavy atom. The number of nitrogens with one attached hydrogen (secondary N) is 2. The van der Waals surface area contributed by atoms with E-state index in [4.69, 9.17) is 28.0 Å². The summed E-state index contributed by atoms with van der Waals surface area (Å²) in [5.41, 5.74) is 3.26. The molecule has 1 amide bonds. The van der Waals surface area contributed by atoms with Crippen LogP contribution in [0.1, 0.15) is 38.3 Å². The van der Waals surface area contributed by atoms with Crippen LogP contribution in [0.25, 0.3) is 0 Å². The lowest BCUT2D eigenvalue weighted by Gasteiger charge is -2.30. The summed E-state index contributed by atoms with van der Waals surface area (Å²) in [6, 6.07) is 3.76. The zero-order valence-electron chi connectivity index (χ0n) is 18.1. The van der Waals surface area contributed by atoms with Gasteiger partial charge in [0.1, 0.15) is 0 Å². The number of nitrogens with zero attached hydrogens (tertiary/aromatic N) is 1. The van der Waals surface area contributed by atoms with Crippen molar-refractivity contribution < 1.29 is 22.8 Å². The van der Waals surface area contributed by atoms with Crippen LogP contribution in [-0.2, 0) is 19.7 Å². The number of hydrogen-bond acceptors (Lipinski definition) is 4. The summed E-state index contributed by atoms with van der Waals surface area (Å²) in [6.07, 6.45) is -0.408. The van der Waals surface area contributed by atoms with Crippen molar-refractivity contribution in [3.63, 3.8) is 0 Å². The molecule has 1 aliphatic heterocycles. The molecule has 1 aromatic rings. The standard InChI is InChI=1S/C22H23Cl2F3IN3O2/c1-20(2,3)19(32)30-29-17-8-13(4-5-16(17)24)18-10-21(33-31-18,22(25,26)27)14-6-12(11-28)7-15(23)9-14/h4-9,16-17,29H,10-11H2,1-3H3,(H,30,32). The maximum absolute atomic E-state index is 14.3. The number of hydrogen-bond donors (Lipinski definition) is 2. The van der Waals surface area contributed by atoms with Crippen LogP contribution in [0, 0.1) is 5.41 Å². The van der Waals surface area contributed by atoms with E-state index in [-0.39, 0.29) is 22.2 Å². The number of carbonyl (C=O) groups is 1. The summed E-state index contributed by atoms with van der Waals surface area (Å²) in [5.74, 6) is -0.250. The van der Waals surface area contributed by atoms with E-state index in [1.54, 1.807) is 45.1 Å². The van der Waals surface area contributed by atoms with Crippen LogP contribution in [0.2, 0.25) is 5.02 Å². The number of benzene rings is 1. The van der Waals surface area contributed by atoms with Gasteiger partial charge in [0, 0.05) is 26.8 Å². The van der Waals surface area contributed by atoms with Crippen molar-refractivity contribution >= 4 is 57.4 Å². The van der Waals surface area contributed by atoms with E-state index in [1.807, 2.05) is 0 Å². The van der Waals surface area contributed by atoms with Gasteiger partial charge < -0.3 is 4.84 Å². The monoisotopic (exact) mass is 615 g/mol. The lowest BCUT2D eigenvalue weighted by Crippen LogP contribution is -2.51. The van der Waals surface area contributed by atoms with Gasteiger partial charge in [0.05, 0.1) is 17.1 Å². The highest BCUT2D eigenvalue weighted by Gasteiger charge is 2.62.